The molecule has 0 bridgehead atoms. The van der Waals surface area contributed by atoms with Gasteiger partial charge in [0.05, 0.1) is 25.8 Å². The van der Waals surface area contributed by atoms with Crippen LogP contribution >= 0.6 is 0 Å². The number of aliphatic carboxylic acids is 1. The van der Waals surface area contributed by atoms with Crippen LogP contribution in [0, 0.1) is 5.82 Å². The summed E-state index contributed by atoms with van der Waals surface area (Å²) in [7, 11) is 3.34. The monoisotopic (exact) mass is 376 g/mol. The van der Waals surface area contributed by atoms with Crippen molar-refractivity contribution < 1.29 is 23.8 Å². The number of ether oxygens (including phenoxy) is 1. The molecule has 7 nitrogen and oxygen atoms in total. The SMILES string of the molecule is COc1c(N2CCNCC2)c(F)cc2c1[N+](C)(C1CC1)C=C(C(=O)O)C2=O. The van der Waals surface area contributed by atoms with Gasteiger partial charge in [-0.05, 0) is 6.07 Å². The van der Waals surface area contributed by atoms with Crippen LogP contribution in [0.15, 0.2) is 17.8 Å². The molecule has 1 aromatic carbocycles. The van der Waals surface area contributed by atoms with E-state index in [2.05, 4.69) is 5.32 Å². The zero-order valence-electron chi connectivity index (χ0n) is 15.4. The number of rotatable bonds is 4. The number of benzene rings is 1. The first-order valence-corrected chi connectivity index (χ1v) is 9.12. The van der Waals surface area contributed by atoms with E-state index in [4.69, 9.17) is 4.74 Å². The molecule has 0 aromatic heterocycles. The molecule has 8 heteroatoms. The highest BCUT2D eigenvalue weighted by atomic mass is 19.1. The van der Waals surface area contributed by atoms with Gasteiger partial charge in [0.1, 0.15) is 11.9 Å². The lowest BCUT2D eigenvalue weighted by molar-refractivity contribution is -0.132. The van der Waals surface area contributed by atoms with E-state index in [0.717, 1.165) is 25.9 Å². The van der Waals surface area contributed by atoms with Gasteiger partial charge in [-0.3, -0.25) is 9.28 Å². The molecule has 0 amide bonds. The van der Waals surface area contributed by atoms with Crippen LogP contribution in [0.2, 0.25) is 0 Å². The van der Waals surface area contributed by atoms with Gasteiger partial charge >= 0.3 is 5.97 Å². The Morgan fingerprint density at radius 3 is 2.59 bits per heavy atom. The second kappa shape index (κ2) is 6.31. The van der Waals surface area contributed by atoms with Crippen molar-refractivity contribution in [2.45, 2.75) is 18.9 Å². The third-order valence-corrected chi connectivity index (χ3v) is 5.72. The second-order valence-corrected chi connectivity index (χ2v) is 7.43. The number of hydrogen-bond donors (Lipinski definition) is 2. The summed E-state index contributed by atoms with van der Waals surface area (Å²) in [5.41, 5.74) is 0.679. The van der Waals surface area contributed by atoms with Crippen LogP contribution in [-0.4, -0.2) is 63.2 Å². The minimum absolute atomic E-state index is 0.0811. The maximum absolute atomic E-state index is 15.1. The second-order valence-electron chi connectivity index (χ2n) is 7.43. The smallest absolute Gasteiger partial charge is 0.345 e. The van der Waals surface area contributed by atoms with Crippen molar-refractivity contribution >= 4 is 23.1 Å². The number of carboxylic acid groups (broad SMARTS) is 1. The average molecular weight is 376 g/mol. The number of carbonyl (C=O) groups is 2. The van der Waals surface area contributed by atoms with Gasteiger partial charge < -0.3 is 20.1 Å². The van der Waals surface area contributed by atoms with Crippen molar-refractivity contribution in [2.75, 3.05) is 45.2 Å². The van der Waals surface area contributed by atoms with Gasteiger partial charge in [0.15, 0.2) is 17.1 Å². The molecule has 2 heterocycles. The molecule has 0 radical (unpaired) electrons. The Labute approximate surface area is 156 Å². The predicted octanol–water partition coefficient (Wildman–Crippen LogP) is 1.51. The summed E-state index contributed by atoms with van der Waals surface area (Å²) in [6, 6.07) is 1.34. The Bertz CT molecular complexity index is 859. The standard InChI is InChI=1S/C19H22FN3O4/c1-23(11-3-4-11)10-13(19(25)26)17(24)12-9-14(20)15(18(27-2)16(12)23)22-7-5-21-6-8-22/h9-11,21H,3-8H2,1-2H3/p+1. The summed E-state index contributed by atoms with van der Waals surface area (Å²) in [5.74, 6) is -2.19. The van der Waals surface area contributed by atoms with Crippen LogP contribution in [0.3, 0.4) is 0 Å². The van der Waals surface area contributed by atoms with Crippen LogP contribution in [0.25, 0.3) is 0 Å². The lowest BCUT2D eigenvalue weighted by Crippen LogP contribution is -2.48. The van der Waals surface area contributed by atoms with Crippen molar-refractivity contribution in [1.82, 2.24) is 9.80 Å². The number of methoxy groups -OCH3 is 1. The number of carboxylic acids is 1. The first-order chi connectivity index (χ1) is 12.9. The zero-order chi connectivity index (χ0) is 19.3. The van der Waals surface area contributed by atoms with Crippen LogP contribution < -0.4 is 19.4 Å². The first-order valence-electron chi connectivity index (χ1n) is 9.12. The summed E-state index contributed by atoms with van der Waals surface area (Å²) in [6.07, 6.45) is 3.32. The Morgan fingerprint density at radius 1 is 1.37 bits per heavy atom. The van der Waals surface area contributed by atoms with Crippen molar-refractivity contribution in [2.24, 2.45) is 0 Å². The largest absolute Gasteiger partial charge is 0.489 e. The molecule has 1 saturated carbocycles. The molecule has 0 spiro atoms. The van der Waals surface area contributed by atoms with Crippen LogP contribution in [0.5, 0.6) is 5.75 Å². The molecular weight excluding hydrogens is 353 g/mol. The number of quaternary nitrogens is 1. The van der Waals surface area contributed by atoms with Gasteiger partial charge in [-0.1, -0.05) is 0 Å². The molecule has 4 rings (SSSR count). The number of anilines is 1. The number of nitrogens with one attached hydrogen (secondary N) is 1. The van der Waals surface area contributed by atoms with Crippen molar-refractivity contribution in [3.63, 3.8) is 0 Å². The zero-order valence-corrected chi connectivity index (χ0v) is 15.4. The molecule has 144 valence electrons. The van der Waals surface area contributed by atoms with E-state index in [-0.39, 0.29) is 21.7 Å². The third-order valence-electron chi connectivity index (χ3n) is 5.72. The molecule has 2 aliphatic heterocycles. The highest BCUT2D eigenvalue weighted by Crippen LogP contribution is 2.52. The average Bonchev–Trinajstić information content (AvgIpc) is 3.50. The van der Waals surface area contributed by atoms with Gasteiger partial charge in [-0.25, -0.2) is 9.18 Å². The van der Waals surface area contributed by atoms with E-state index < -0.39 is 17.6 Å². The minimum atomic E-state index is -1.29. The van der Waals surface area contributed by atoms with Crippen molar-refractivity contribution in [3.05, 3.63) is 29.2 Å². The summed E-state index contributed by atoms with van der Waals surface area (Å²) >= 11 is 0. The Morgan fingerprint density at radius 2 is 2.04 bits per heavy atom. The summed E-state index contributed by atoms with van der Waals surface area (Å²) in [6.45, 7) is 2.72. The summed E-state index contributed by atoms with van der Waals surface area (Å²) < 4.78 is 20.9. The fraction of sp³-hybridized carbons (Fsp3) is 0.474. The number of Topliss-reactive ketones (excluding diaryl/α,β-unsaturated/α-hetero) is 1. The highest BCUT2D eigenvalue weighted by Gasteiger charge is 2.51. The van der Waals surface area contributed by atoms with E-state index in [0.29, 0.717) is 30.2 Å². The first kappa shape index (κ1) is 17.9. The topological polar surface area (TPSA) is 78.9 Å². The van der Waals surface area contributed by atoms with Crippen LogP contribution in [-0.2, 0) is 4.79 Å². The van der Waals surface area contributed by atoms with Gasteiger partial charge in [-0.15, -0.1) is 0 Å². The predicted molar refractivity (Wildman–Crippen MR) is 98.8 cm³/mol. The molecular formula is C19H23FN3O4+. The molecule has 1 atom stereocenters. The van der Waals surface area contributed by atoms with E-state index in [1.165, 1.54) is 19.4 Å². The van der Waals surface area contributed by atoms with E-state index in [1.807, 2.05) is 11.9 Å². The number of nitrogens with zero attached hydrogens (tertiary/aromatic N) is 2. The Kier molecular flexibility index (Phi) is 4.20. The molecule has 27 heavy (non-hydrogen) atoms. The molecule has 1 saturated heterocycles. The molecule has 1 aromatic rings. The minimum Gasteiger partial charge on any atom is -0.489 e. The number of hydrogen-bond acceptors (Lipinski definition) is 5. The maximum atomic E-state index is 15.1. The van der Waals surface area contributed by atoms with Crippen LogP contribution in [0.4, 0.5) is 15.8 Å². The normalized spacial score (nSPS) is 25.1. The van der Waals surface area contributed by atoms with Crippen molar-refractivity contribution in [1.29, 1.82) is 0 Å². The highest BCUT2D eigenvalue weighted by molar-refractivity contribution is 6.27. The molecule has 3 aliphatic rings. The Hall–Kier alpha value is -2.45. The van der Waals surface area contributed by atoms with E-state index in [1.54, 1.807) is 0 Å². The molecule has 1 unspecified atom stereocenters. The number of halogens is 1. The molecule has 1 aliphatic carbocycles. The van der Waals surface area contributed by atoms with E-state index in [9.17, 15) is 14.7 Å². The summed E-state index contributed by atoms with van der Waals surface area (Å²) in [4.78, 5) is 26.3. The van der Waals surface area contributed by atoms with Gasteiger partial charge in [-0.2, -0.15) is 0 Å². The van der Waals surface area contributed by atoms with E-state index >= 15 is 4.39 Å². The number of ketones is 1. The van der Waals surface area contributed by atoms with Crippen LogP contribution in [0.1, 0.15) is 23.2 Å². The lowest BCUT2D eigenvalue weighted by atomic mass is 9.94. The molecule has 2 N–H and O–H groups in total. The maximum Gasteiger partial charge on any atom is 0.345 e. The fourth-order valence-corrected chi connectivity index (χ4v) is 4.22. The van der Waals surface area contributed by atoms with Crippen molar-refractivity contribution in [3.8, 4) is 5.75 Å². The molecule has 2 fully saturated rings. The quantitative estimate of drug-likeness (QED) is 0.613. The third kappa shape index (κ3) is 2.71. The number of fused-ring (bicyclic) bond motifs is 1. The van der Waals surface area contributed by atoms with Gasteiger partial charge in [0.2, 0.25) is 11.5 Å². The van der Waals surface area contributed by atoms with Gasteiger partial charge in [0.25, 0.3) is 0 Å². The fourth-order valence-electron chi connectivity index (χ4n) is 4.22. The number of carbonyl (C=O) groups excluding carboxylic acids is 1. The lowest BCUT2D eigenvalue weighted by Gasteiger charge is -2.38. The van der Waals surface area contributed by atoms with Gasteiger partial charge in [0, 0.05) is 39.0 Å². The Balaban J connectivity index is 1.97. The number of piperazine rings is 1. The summed E-state index contributed by atoms with van der Waals surface area (Å²) in [5, 5.41) is 12.7.